The molecular formula is C35H51N3O4S. The first-order chi connectivity index (χ1) is 20.6. The smallest absolute Gasteiger partial charge is 0.247 e. The summed E-state index contributed by atoms with van der Waals surface area (Å²) < 4.78 is -1.18. The SMILES string of the molecule is C=CCN(CCCCC)C(=O)C1N([C@@H](CO)[C@@H](C)CC)C(=O)[C@@H]2[C@H](C(=O)N(CC=C)Cc3ccccc3)[C@]3(C)CCC12S3. The zero-order chi connectivity index (χ0) is 31.4. The molecule has 3 fully saturated rings. The molecular weight excluding hydrogens is 558 g/mol. The van der Waals surface area contributed by atoms with E-state index >= 15 is 0 Å². The number of carbonyl (C=O) groups is 3. The van der Waals surface area contributed by atoms with Crippen molar-refractivity contribution in [2.75, 3.05) is 26.2 Å². The molecule has 0 radical (unpaired) electrons. The van der Waals surface area contributed by atoms with E-state index in [1.807, 2.05) is 54.0 Å². The summed E-state index contributed by atoms with van der Waals surface area (Å²) in [5.41, 5.74) is 1.02. The van der Waals surface area contributed by atoms with E-state index in [9.17, 15) is 19.5 Å². The van der Waals surface area contributed by atoms with Crippen LogP contribution in [0.3, 0.4) is 0 Å². The maximum absolute atomic E-state index is 14.8. The van der Waals surface area contributed by atoms with Crippen LogP contribution in [0.4, 0.5) is 0 Å². The lowest BCUT2D eigenvalue weighted by Crippen LogP contribution is -2.58. The molecule has 7 nitrogen and oxygen atoms in total. The summed E-state index contributed by atoms with van der Waals surface area (Å²) in [6.07, 6.45) is 8.63. The number of carbonyl (C=O) groups excluding carboxylic acids is 3. The van der Waals surface area contributed by atoms with Crippen molar-refractivity contribution in [3.63, 3.8) is 0 Å². The molecule has 3 aliphatic rings. The van der Waals surface area contributed by atoms with E-state index in [1.165, 1.54) is 0 Å². The van der Waals surface area contributed by atoms with Crippen LogP contribution in [0.1, 0.15) is 71.8 Å². The van der Waals surface area contributed by atoms with Crippen LogP contribution in [0.5, 0.6) is 0 Å². The molecule has 1 N–H and O–H groups in total. The minimum Gasteiger partial charge on any atom is -0.394 e. The molecule has 0 aromatic heterocycles. The van der Waals surface area contributed by atoms with Crippen molar-refractivity contribution >= 4 is 29.5 Å². The van der Waals surface area contributed by atoms with Gasteiger partial charge < -0.3 is 19.8 Å². The number of hydrogen-bond acceptors (Lipinski definition) is 5. The maximum Gasteiger partial charge on any atom is 0.247 e. The zero-order valence-corrected chi connectivity index (χ0v) is 27.4. The molecule has 1 aromatic rings. The minimum atomic E-state index is -0.732. The molecule has 3 amide bonds. The van der Waals surface area contributed by atoms with E-state index in [0.717, 1.165) is 37.7 Å². The number of amides is 3. The molecule has 4 rings (SSSR count). The highest BCUT2D eigenvalue weighted by Crippen LogP contribution is 2.72. The van der Waals surface area contributed by atoms with E-state index < -0.39 is 33.4 Å². The fraction of sp³-hybridized carbons (Fsp3) is 0.629. The normalized spacial score (nSPS) is 28.8. The van der Waals surface area contributed by atoms with Gasteiger partial charge in [0.1, 0.15) is 6.04 Å². The highest BCUT2D eigenvalue weighted by Gasteiger charge is 2.78. The van der Waals surface area contributed by atoms with Crippen molar-refractivity contribution in [1.82, 2.24) is 14.7 Å². The van der Waals surface area contributed by atoms with Crippen molar-refractivity contribution in [1.29, 1.82) is 0 Å². The van der Waals surface area contributed by atoms with E-state index in [1.54, 1.807) is 28.8 Å². The Kier molecular flexibility index (Phi) is 10.9. The molecule has 8 heteroatoms. The zero-order valence-electron chi connectivity index (χ0n) is 26.5. The Morgan fingerprint density at radius 2 is 1.77 bits per heavy atom. The quantitative estimate of drug-likeness (QED) is 0.203. The van der Waals surface area contributed by atoms with Crippen molar-refractivity contribution in [3.05, 3.63) is 61.2 Å². The number of unbranched alkanes of at least 4 members (excludes halogenated alkanes) is 2. The summed E-state index contributed by atoms with van der Waals surface area (Å²) in [5, 5.41) is 10.7. The summed E-state index contributed by atoms with van der Waals surface area (Å²) >= 11 is 1.69. The van der Waals surface area contributed by atoms with Gasteiger partial charge in [-0.05, 0) is 37.7 Å². The first kappa shape index (κ1) is 33.3. The predicted molar refractivity (Wildman–Crippen MR) is 174 cm³/mol. The van der Waals surface area contributed by atoms with Gasteiger partial charge in [-0.3, -0.25) is 14.4 Å². The van der Waals surface area contributed by atoms with Crippen molar-refractivity contribution in [2.45, 2.75) is 94.3 Å². The number of benzene rings is 1. The molecule has 3 heterocycles. The first-order valence-corrected chi connectivity index (χ1v) is 16.9. The fourth-order valence-corrected chi connectivity index (χ4v) is 10.1. The molecule has 1 spiro atoms. The highest BCUT2D eigenvalue weighted by molar-refractivity contribution is 8.02. The number of hydrogen-bond donors (Lipinski definition) is 1. The Labute approximate surface area is 262 Å². The number of fused-ring (bicyclic) bond motifs is 1. The van der Waals surface area contributed by atoms with Gasteiger partial charge in [0.2, 0.25) is 17.7 Å². The summed E-state index contributed by atoms with van der Waals surface area (Å²) in [6.45, 7) is 17.7. The molecule has 0 aliphatic carbocycles. The largest absolute Gasteiger partial charge is 0.394 e. The Bertz CT molecular complexity index is 1180. The lowest BCUT2D eigenvalue weighted by atomic mass is 9.66. The third-order valence-corrected chi connectivity index (χ3v) is 12.1. The number of likely N-dealkylation sites (tertiary alicyclic amines) is 1. The number of thioether (sulfide) groups is 1. The molecule has 0 saturated carbocycles. The molecule has 1 aromatic carbocycles. The highest BCUT2D eigenvalue weighted by atomic mass is 32.2. The Morgan fingerprint density at radius 1 is 1.09 bits per heavy atom. The van der Waals surface area contributed by atoms with E-state index in [4.69, 9.17) is 0 Å². The van der Waals surface area contributed by atoms with Gasteiger partial charge in [0.05, 0.1) is 29.2 Å². The van der Waals surface area contributed by atoms with Crippen molar-refractivity contribution in [2.24, 2.45) is 17.8 Å². The topological polar surface area (TPSA) is 81.2 Å². The van der Waals surface area contributed by atoms with Gasteiger partial charge in [0, 0.05) is 30.9 Å². The fourth-order valence-electron chi connectivity index (χ4n) is 7.75. The van der Waals surface area contributed by atoms with Crippen molar-refractivity contribution < 1.29 is 19.5 Å². The number of rotatable bonds is 16. The molecule has 2 bridgehead atoms. The standard InChI is InChI=1S/C35H51N3O4S/c1-7-11-15-22-36(20-8-2)33(42)30-35-19-18-34(6,43-35)28(29(35)32(41)38(30)27(24-39)25(5)10-4)31(40)37(21-9-3)23-26-16-13-12-14-17-26/h8-9,12-14,16-17,25,27-30,39H,2-3,7,10-11,15,18-24H2,1,4-6H3/t25-,27-,28+,29-,30?,34-,35?/m0/s1. The summed E-state index contributed by atoms with van der Waals surface area (Å²) in [6, 6.07) is 8.66. The van der Waals surface area contributed by atoms with Gasteiger partial charge in [0.25, 0.3) is 0 Å². The van der Waals surface area contributed by atoms with Gasteiger partial charge in [-0.15, -0.1) is 24.9 Å². The maximum atomic E-state index is 14.8. The van der Waals surface area contributed by atoms with E-state index in [2.05, 4.69) is 27.0 Å². The van der Waals surface area contributed by atoms with E-state index in [-0.39, 0.29) is 30.2 Å². The third kappa shape index (κ3) is 6.06. The monoisotopic (exact) mass is 609 g/mol. The summed E-state index contributed by atoms with van der Waals surface area (Å²) in [7, 11) is 0. The molecule has 7 atom stereocenters. The lowest BCUT2D eigenvalue weighted by Gasteiger charge is -2.41. The average Bonchev–Trinajstić information content (AvgIpc) is 3.57. The van der Waals surface area contributed by atoms with Gasteiger partial charge in [-0.1, -0.05) is 82.5 Å². The third-order valence-electron chi connectivity index (χ3n) is 10.1. The Hall–Kier alpha value is -2.58. The second-order valence-corrected chi connectivity index (χ2v) is 14.8. The van der Waals surface area contributed by atoms with Gasteiger partial charge in [0.15, 0.2) is 0 Å². The number of aliphatic hydroxyl groups is 1. The van der Waals surface area contributed by atoms with Crippen LogP contribution >= 0.6 is 11.8 Å². The van der Waals surface area contributed by atoms with Gasteiger partial charge >= 0.3 is 0 Å². The molecule has 236 valence electrons. The molecule has 43 heavy (non-hydrogen) atoms. The van der Waals surface area contributed by atoms with Gasteiger partial charge in [-0.2, -0.15) is 0 Å². The molecule has 3 aliphatic heterocycles. The first-order valence-electron chi connectivity index (χ1n) is 16.1. The lowest BCUT2D eigenvalue weighted by molar-refractivity contribution is -0.148. The Balaban J connectivity index is 1.79. The van der Waals surface area contributed by atoms with Crippen LogP contribution < -0.4 is 0 Å². The van der Waals surface area contributed by atoms with Crippen LogP contribution in [0.2, 0.25) is 0 Å². The van der Waals surface area contributed by atoms with E-state index in [0.29, 0.717) is 32.6 Å². The van der Waals surface area contributed by atoms with Crippen molar-refractivity contribution in [3.8, 4) is 0 Å². The second kappa shape index (κ2) is 14.0. The number of aliphatic hydroxyl groups excluding tert-OH is 1. The van der Waals surface area contributed by atoms with Crippen LogP contribution in [-0.4, -0.2) is 85.3 Å². The molecule has 2 unspecified atom stereocenters. The number of nitrogens with zero attached hydrogens (tertiary/aromatic N) is 3. The van der Waals surface area contributed by atoms with Crippen LogP contribution in [-0.2, 0) is 20.9 Å². The molecule has 3 saturated heterocycles. The second-order valence-electron chi connectivity index (χ2n) is 12.9. The van der Waals surface area contributed by atoms with Crippen LogP contribution in [0, 0.1) is 17.8 Å². The Morgan fingerprint density at radius 3 is 2.37 bits per heavy atom. The van der Waals surface area contributed by atoms with Crippen LogP contribution in [0.25, 0.3) is 0 Å². The predicted octanol–water partition coefficient (Wildman–Crippen LogP) is 5.29. The van der Waals surface area contributed by atoms with Gasteiger partial charge in [-0.25, -0.2) is 0 Å². The van der Waals surface area contributed by atoms with Crippen LogP contribution in [0.15, 0.2) is 55.6 Å². The average molecular weight is 610 g/mol. The summed E-state index contributed by atoms with van der Waals surface area (Å²) in [5.74, 6) is -1.48. The minimum absolute atomic E-state index is 0.00490. The summed E-state index contributed by atoms with van der Waals surface area (Å²) in [4.78, 5) is 49.4.